The maximum absolute atomic E-state index is 12.1. The monoisotopic (exact) mass is 341 g/mol. The van der Waals surface area contributed by atoms with E-state index in [2.05, 4.69) is 35.9 Å². The highest BCUT2D eigenvalue weighted by molar-refractivity contribution is 7.92. The van der Waals surface area contributed by atoms with Crippen LogP contribution in [0.2, 0.25) is 0 Å². The zero-order valence-corrected chi connectivity index (χ0v) is 15.4. The first-order valence-electron chi connectivity index (χ1n) is 9.33. The Labute approximate surface area is 140 Å². The molecule has 5 saturated heterocycles. The van der Waals surface area contributed by atoms with Crippen LogP contribution in [0.4, 0.5) is 0 Å². The molecule has 0 radical (unpaired) electrons. The number of nitrogens with zero attached hydrogens (tertiary/aromatic N) is 2. The van der Waals surface area contributed by atoms with Gasteiger partial charge in [-0.25, -0.2) is 8.42 Å². The first kappa shape index (κ1) is 16.3. The summed E-state index contributed by atoms with van der Waals surface area (Å²) in [6.07, 6.45) is 3.35. The molecule has 5 aliphatic heterocycles. The van der Waals surface area contributed by atoms with Crippen LogP contribution in [0.1, 0.15) is 40.0 Å². The molecule has 6 unspecified atom stereocenters. The summed E-state index contributed by atoms with van der Waals surface area (Å²) in [6.45, 7) is 9.77. The molecule has 0 aromatic rings. The maximum Gasteiger partial charge on any atom is 0.154 e. The summed E-state index contributed by atoms with van der Waals surface area (Å²) in [5.41, 5.74) is 0. The predicted octanol–water partition coefficient (Wildman–Crippen LogP) is 0.707. The van der Waals surface area contributed by atoms with Gasteiger partial charge in [0.1, 0.15) is 0 Å². The number of likely N-dealkylation sites (tertiary alicyclic amines) is 1. The summed E-state index contributed by atoms with van der Waals surface area (Å²) < 4.78 is 24.3. The quantitative estimate of drug-likeness (QED) is 0.816. The van der Waals surface area contributed by atoms with Gasteiger partial charge in [0.25, 0.3) is 0 Å². The fourth-order valence-corrected chi connectivity index (χ4v) is 7.75. The topological polar surface area (TPSA) is 52.6 Å². The van der Waals surface area contributed by atoms with Crippen LogP contribution >= 0.6 is 0 Å². The predicted molar refractivity (Wildman–Crippen MR) is 92.3 cm³/mol. The number of hydrogen-bond acceptors (Lipinski definition) is 5. The standard InChI is InChI=1S/C17H31N3O2S/c1-11(2)20-14-7-16(20)15(18-8-14)6-12(3)19-9-13-4-5-23(21,22)17(13)10-19/h11-18H,4-10H2,1-3H3. The molecule has 1 N–H and O–H groups in total. The highest BCUT2D eigenvalue weighted by Crippen LogP contribution is 2.38. The number of sulfone groups is 1. The van der Waals surface area contributed by atoms with Gasteiger partial charge >= 0.3 is 0 Å². The molecule has 5 nitrogen and oxygen atoms in total. The van der Waals surface area contributed by atoms with Gasteiger partial charge in [-0.2, -0.15) is 0 Å². The molecule has 5 fully saturated rings. The van der Waals surface area contributed by atoms with E-state index in [1.54, 1.807) is 0 Å². The SMILES string of the molecule is CC(CC1NCC2CC1N2C(C)C)N1CC2CCS(=O)(=O)C2C1. The average molecular weight is 342 g/mol. The lowest BCUT2D eigenvalue weighted by atomic mass is 9.79. The fourth-order valence-electron chi connectivity index (χ4n) is 5.59. The van der Waals surface area contributed by atoms with E-state index in [1.807, 2.05) is 0 Å². The first-order chi connectivity index (χ1) is 10.9. The largest absolute Gasteiger partial charge is 0.311 e. The molecule has 5 aliphatic rings. The number of piperazine rings is 1. The Balaban J connectivity index is 1.37. The fraction of sp³-hybridized carbons (Fsp3) is 1.00. The van der Waals surface area contributed by atoms with Crippen LogP contribution in [0, 0.1) is 5.92 Å². The minimum absolute atomic E-state index is 0.0792. The maximum atomic E-state index is 12.1. The van der Waals surface area contributed by atoms with Crippen LogP contribution in [-0.4, -0.2) is 79.1 Å². The second-order valence-electron chi connectivity index (χ2n) is 8.51. The third-order valence-corrected chi connectivity index (χ3v) is 9.12. The van der Waals surface area contributed by atoms with E-state index in [9.17, 15) is 8.42 Å². The van der Waals surface area contributed by atoms with Crippen LogP contribution in [-0.2, 0) is 9.84 Å². The van der Waals surface area contributed by atoms with Gasteiger partial charge in [0.15, 0.2) is 9.84 Å². The van der Waals surface area contributed by atoms with Crippen molar-refractivity contribution < 1.29 is 8.42 Å². The van der Waals surface area contributed by atoms with Gasteiger partial charge in [0, 0.05) is 49.8 Å². The van der Waals surface area contributed by atoms with Gasteiger partial charge in [0.2, 0.25) is 0 Å². The highest BCUT2D eigenvalue weighted by atomic mass is 32.2. The van der Waals surface area contributed by atoms with Gasteiger partial charge < -0.3 is 5.32 Å². The third kappa shape index (κ3) is 2.66. The molecule has 132 valence electrons. The van der Waals surface area contributed by atoms with E-state index < -0.39 is 9.84 Å². The molecule has 0 spiro atoms. The molecule has 6 heteroatoms. The van der Waals surface area contributed by atoms with Crippen molar-refractivity contribution in [2.24, 2.45) is 5.92 Å². The van der Waals surface area contributed by atoms with Crippen LogP contribution in [0.5, 0.6) is 0 Å². The molecule has 23 heavy (non-hydrogen) atoms. The van der Waals surface area contributed by atoms with Crippen molar-refractivity contribution in [1.82, 2.24) is 15.1 Å². The molecule has 5 rings (SSSR count). The van der Waals surface area contributed by atoms with Gasteiger partial charge in [0.05, 0.1) is 11.0 Å². The van der Waals surface area contributed by atoms with E-state index in [1.165, 1.54) is 6.42 Å². The molecule has 0 aliphatic carbocycles. The second-order valence-corrected chi connectivity index (χ2v) is 10.8. The molecule has 0 aromatic heterocycles. The normalized spacial score (nSPS) is 44.3. The Kier molecular flexibility index (Phi) is 4.03. The van der Waals surface area contributed by atoms with E-state index >= 15 is 0 Å². The van der Waals surface area contributed by atoms with E-state index in [-0.39, 0.29) is 5.25 Å². The molecule has 0 aromatic carbocycles. The molecule has 5 heterocycles. The Hall–Kier alpha value is -0.170. The summed E-state index contributed by atoms with van der Waals surface area (Å²) in [4.78, 5) is 5.12. The number of hydrogen-bond donors (Lipinski definition) is 1. The third-order valence-electron chi connectivity index (χ3n) is 6.86. The zero-order chi connectivity index (χ0) is 16.4. The van der Waals surface area contributed by atoms with Crippen molar-refractivity contribution >= 4 is 9.84 Å². The van der Waals surface area contributed by atoms with Crippen molar-refractivity contribution in [3.8, 4) is 0 Å². The van der Waals surface area contributed by atoms with E-state index in [0.29, 0.717) is 35.8 Å². The Morgan fingerprint density at radius 1 is 1.22 bits per heavy atom. The van der Waals surface area contributed by atoms with Crippen molar-refractivity contribution in [3.05, 3.63) is 0 Å². The van der Waals surface area contributed by atoms with Gasteiger partial charge in [-0.1, -0.05) is 0 Å². The molecule has 0 saturated carbocycles. The van der Waals surface area contributed by atoms with Crippen molar-refractivity contribution in [3.63, 3.8) is 0 Å². The van der Waals surface area contributed by atoms with Crippen LogP contribution in [0.15, 0.2) is 0 Å². The summed E-state index contributed by atoms with van der Waals surface area (Å²) in [7, 11) is -2.81. The Bertz CT molecular complexity index is 562. The molecular formula is C17H31N3O2S. The lowest BCUT2D eigenvalue weighted by Gasteiger charge is -2.59. The lowest BCUT2D eigenvalue weighted by molar-refractivity contribution is -0.0701. The summed E-state index contributed by atoms with van der Waals surface area (Å²) in [5.74, 6) is 0.809. The Morgan fingerprint density at radius 2 is 2.00 bits per heavy atom. The summed E-state index contributed by atoms with van der Waals surface area (Å²) >= 11 is 0. The highest BCUT2D eigenvalue weighted by Gasteiger charge is 2.50. The smallest absolute Gasteiger partial charge is 0.154 e. The van der Waals surface area contributed by atoms with Gasteiger partial charge in [-0.15, -0.1) is 0 Å². The van der Waals surface area contributed by atoms with E-state index in [0.717, 1.165) is 38.5 Å². The molecule has 6 atom stereocenters. The number of piperidine rings is 1. The van der Waals surface area contributed by atoms with Gasteiger partial charge in [-0.3, -0.25) is 9.80 Å². The lowest BCUT2D eigenvalue weighted by Crippen LogP contribution is -2.74. The van der Waals surface area contributed by atoms with Crippen LogP contribution in [0.3, 0.4) is 0 Å². The second kappa shape index (κ2) is 5.68. The van der Waals surface area contributed by atoms with Crippen LogP contribution in [0.25, 0.3) is 0 Å². The van der Waals surface area contributed by atoms with Gasteiger partial charge in [-0.05, 0) is 46.0 Å². The zero-order valence-electron chi connectivity index (χ0n) is 14.6. The minimum atomic E-state index is -2.81. The van der Waals surface area contributed by atoms with Crippen molar-refractivity contribution in [2.45, 2.75) is 75.5 Å². The molecule has 2 bridgehead atoms. The first-order valence-corrected chi connectivity index (χ1v) is 11.0. The minimum Gasteiger partial charge on any atom is -0.311 e. The van der Waals surface area contributed by atoms with E-state index in [4.69, 9.17) is 0 Å². The van der Waals surface area contributed by atoms with Crippen LogP contribution < -0.4 is 5.32 Å². The number of fused-ring (bicyclic) bond motifs is 3. The molecule has 0 amide bonds. The average Bonchev–Trinajstić information content (AvgIpc) is 2.99. The molecular weight excluding hydrogens is 310 g/mol. The van der Waals surface area contributed by atoms with Crippen molar-refractivity contribution in [1.29, 1.82) is 0 Å². The Morgan fingerprint density at radius 3 is 2.65 bits per heavy atom. The summed E-state index contributed by atoms with van der Waals surface area (Å²) in [5, 5.41) is 3.66. The summed E-state index contributed by atoms with van der Waals surface area (Å²) in [6, 6.07) is 3.09. The van der Waals surface area contributed by atoms with Crippen molar-refractivity contribution in [2.75, 3.05) is 25.4 Å². The number of nitrogens with one attached hydrogen (secondary N) is 1. The number of rotatable bonds is 4.